The van der Waals surface area contributed by atoms with Gasteiger partial charge in [-0.15, -0.1) is 0 Å². The Bertz CT molecular complexity index is 856. The van der Waals surface area contributed by atoms with E-state index in [2.05, 4.69) is 15.3 Å². The largest absolute Gasteiger partial charge is 0.481 e. The molecule has 1 amide bonds. The molecule has 1 aromatic carbocycles. The monoisotopic (exact) mass is 313 g/mol. The molecule has 23 heavy (non-hydrogen) atoms. The first-order valence-electron chi connectivity index (χ1n) is 7.13. The van der Waals surface area contributed by atoms with Gasteiger partial charge in [0.1, 0.15) is 5.82 Å². The summed E-state index contributed by atoms with van der Waals surface area (Å²) in [7, 11) is 1.53. The Labute approximate surface area is 132 Å². The minimum atomic E-state index is -0.324. The molecule has 2 heterocycles. The van der Waals surface area contributed by atoms with Crippen LogP contribution in [-0.2, 0) is 11.3 Å². The maximum Gasteiger partial charge on any atom is 0.217 e. The molecule has 2 N–H and O–H groups in total. The van der Waals surface area contributed by atoms with Crippen molar-refractivity contribution in [3.8, 4) is 17.0 Å². The van der Waals surface area contributed by atoms with Crippen LogP contribution in [0.15, 0.2) is 36.5 Å². The van der Waals surface area contributed by atoms with Crippen molar-refractivity contribution >= 4 is 16.8 Å². The Balaban J connectivity index is 1.97. The quantitative estimate of drug-likeness (QED) is 0.778. The second-order valence-corrected chi connectivity index (χ2v) is 5.21. The molecule has 0 unspecified atom stereocenters. The van der Waals surface area contributed by atoms with E-state index in [0.717, 1.165) is 16.6 Å². The number of amides is 1. The number of aromatic nitrogens is 2. The molecular formula is C17H16FN3O2. The predicted molar refractivity (Wildman–Crippen MR) is 85.6 cm³/mol. The number of H-pyrrole nitrogens is 1. The van der Waals surface area contributed by atoms with E-state index >= 15 is 0 Å². The standard InChI is InChI=1S/C17H16FN3O2/c1-10(22)19-9-13-5-12-6-15(18)14(7-16(12)21-13)11-3-4-17(23-2)20-8-11/h3-8,21H,9H2,1-2H3,(H,19,22). The third kappa shape index (κ3) is 3.15. The van der Waals surface area contributed by atoms with E-state index in [1.165, 1.54) is 20.1 Å². The van der Waals surface area contributed by atoms with Gasteiger partial charge in [-0.2, -0.15) is 0 Å². The molecule has 0 spiro atoms. The van der Waals surface area contributed by atoms with Crippen molar-refractivity contribution in [1.29, 1.82) is 0 Å². The summed E-state index contributed by atoms with van der Waals surface area (Å²) >= 11 is 0. The van der Waals surface area contributed by atoms with Crippen LogP contribution in [0, 0.1) is 5.82 Å². The molecule has 118 valence electrons. The highest BCUT2D eigenvalue weighted by Gasteiger charge is 2.10. The number of halogens is 1. The lowest BCUT2D eigenvalue weighted by Gasteiger charge is -2.05. The minimum Gasteiger partial charge on any atom is -0.481 e. The molecule has 3 rings (SSSR count). The number of ether oxygens (including phenoxy) is 1. The van der Waals surface area contributed by atoms with E-state index in [9.17, 15) is 9.18 Å². The van der Waals surface area contributed by atoms with Crippen molar-refractivity contribution in [2.75, 3.05) is 7.11 Å². The highest BCUT2D eigenvalue weighted by Crippen LogP contribution is 2.28. The van der Waals surface area contributed by atoms with Gasteiger partial charge in [0.25, 0.3) is 0 Å². The van der Waals surface area contributed by atoms with Crippen molar-refractivity contribution in [3.05, 3.63) is 48.0 Å². The summed E-state index contributed by atoms with van der Waals surface area (Å²) in [5.41, 5.74) is 2.75. The van der Waals surface area contributed by atoms with Crippen LogP contribution in [0.5, 0.6) is 5.88 Å². The number of carbonyl (C=O) groups excluding carboxylic acids is 1. The number of benzene rings is 1. The molecule has 0 radical (unpaired) electrons. The Morgan fingerprint density at radius 3 is 2.83 bits per heavy atom. The van der Waals surface area contributed by atoms with E-state index < -0.39 is 0 Å². The third-order valence-electron chi connectivity index (χ3n) is 3.55. The molecule has 5 nitrogen and oxygen atoms in total. The van der Waals surface area contributed by atoms with Crippen LogP contribution < -0.4 is 10.1 Å². The van der Waals surface area contributed by atoms with Crippen LogP contribution in [0.3, 0.4) is 0 Å². The molecule has 0 saturated heterocycles. The van der Waals surface area contributed by atoms with E-state index in [1.54, 1.807) is 24.4 Å². The normalized spacial score (nSPS) is 10.7. The van der Waals surface area contributed by atoms with Gasteiger partial charge in [0, 0.05) is 46.9 Å². The lowest BCUT2D eigenvalue weighted by molar-refractivity contribution is -0.119. The smallest absolute Gasteiger partial charge is 0.217 e. The Hall–Kier alpha value is -2.89. The van der Waals surface area contributed by atoms with Gasteiger partial charge in [-0.05, 0) is 24.3 Å². The van der Waals surface area contributed by atoms with Crippen LogP contribution >= 0.6 is 0 Å². The van der Waals surface area contributed by atoms with E-state index in [4.69, 9.17) is 4.74 Å². The lowest BCUT2D eigenvalue weighted by atomic mass is 10.1. The van der Waals surface area contributed by atoms with E-state index in [-0.39, 0.29) is 11.7 Å². The van der Waals surface area contributed by atoms with Crippen LogP contribution in [0.2, 0.25) is 0 Å². The van der Waals surface area contributed by atoms with E-state index in [1.807, 2.05) is 6.07 Å². The van der Waals surface area contributed by atoms with Crippen molar-refractivity contribution in [2.24, 2.45) is 0 Å². The fourth-order valence-electron chi connectivity index (χ4n) is 2.41. The van der Waals surface area contributed by atoms with Gasteiger partial charge in [0.2, 0.25) is 11.8 Å². The van der Waals surface area contributed by atoms with E-state index in [0.29, 0.717) is 23.6 Å². The molecule has 0 aliphatic heterocycles. The summed E-state index contributed by atoms with van der Waals surface area (Å²) in [6.45, 7) is 1.84. The van der Waals surface area contributed by atoms with Crippen molar-refractivity contribution in [3.63, 3.8) is 0 Å². The molecule has 0 bridgehead atoms. The Morgan fingerprint density at radius 1 is 1.35 bits per heavy atom. The molecule has 0 atom stereocenters. The van der Waals surface area contributed by atoms with Crippen LogP contribution in [0.1, 0.15) is 12.6 Å². The first-order chi connectivity index (χ1) is 11.1. The van der Waals surface area contributed by atoms with Crippen LogP contribution in [0.4, 0.5) is 4.39 Å². The molecule has 0 fully saturated rings. The summed E-state index contributed by atoms with van der Waals surface area (Å²) in [6.07, 6.45) is 1.57. The zero-order valence-corrected chi connectivity index (χ0v) is 12.8. The Morgan fingerprint density at radius 2 is 2.17 bits per heavy atom. The fourth-order valence-corrected chi connectivity index (χ4v) is 2.41. The van der Waals surface area contributed by atoms with Crippen molar-refractivity contribution in [1.82, 2.24) is 15.3 Å². The maximum atomic E-state index is 14.4. The zero-order chi connectivity index (χ0) is 16.4. The van der Waals surface area contributed by atoms with Gasteiger partial charge in [0.15, 0.2) is 0 Å². The molecule has 3 aromatic rings. The van der Waals surface area contributed by atoms with Crippen LogP contribution in [-0.4, -0.2) is 23.0 Å². The summed E-state index contributed by atoms with van der Waals surface area (Å²) in [5.74, 6) is 0.0436. The highest BCUT2D eigenvalue weighted by molar-refractivity contribution is 5.86. The molecule has 0 aliphatic carbocycles. The number of hydrogen-bond donors (Lipinski definition) is 2. The van der Waals surface area contributed by atoms with Gasteiger partial charge < -0.3 is 15.0 Å². The number of aromatic amines is 1. The lowest BCUT2D eigenvalue weighted by Crippen LogP contribution is -2.18. The van der Waals surface area contributed by atoms with Crippen molar-refractivity contribution < 1.29 is 13.9 Å². The molecule has 2 aromatic heterocycles. The summed E-state index contributed by atoms with van der Waals surface area (Å²) in [5, 5.41) is 3.47. The number of pyridine rings is 1. The summed E-state index contributed by atoms with van der Waals surface area (Å²) in [6, 6.07) is 8.49. The second-order valence-electron chi connectivity index (χ2n) is 5.21. The number of carbonyl (C=O) groups is 1. The van der Waals surface area contributed by atoms with Gasteiger partial charge in [-0.1, -0.05) is 0 Å². The summed E-state index contributed by atoms with van der Waals surface area (Å²) < 4.78 is 19.4. The molecular weight excluding hydrogens is 297 g/mol. The average molecular weight is 313 g/mol. The maximum absolute atomic E-state index is 14.4. The fraction of sp³-hybridized carbons (Fsp3) is 0.176. The van der Waals surface area contributed by atoms with Gasteiger partial charge in [-0.25, -0.2) is 9.37 Å². The molecule has 0 aliphatic rings. The average Bonchev–Trinajstić information content (AvgIpc) is 2.94. The number of nitrogens with zero attached hydrogens (tertiary/aromatic N) is 1. The number of methoxy groups -OCH3 is 1. The number of hydrogen-bond acceptors (Lipinski definition) is 3. The first-order valence-corrected chi connectivity index (χ1v) is 7.13. The minimum absolute atomic E-state index is 0.111. The topological polar surface area (TPSA) is 67.0 Å². The summed E-state index contributed by atoms with van der Waals surface area (Å²) in [4.78, 5) is 18.3. The van der Waals surface area contributed by atoms with Gasteiger partial charge >= 0.3 is 0 Å². The number of nitrogens with one attached hydrogen (secondary N) is 2. The second kappa shape index (κ2) is 6.08. The van der Waals surface area contributed by atoms with Crippen LogP contribution in [0.25, 0.3) is 22.0 Å². The predicted octanol–water partition coefficient (Wildman–Crippen LogP) is 3.01. The molecule has 0 saturated carbocycles. The number of rotatable bonds is 4. The highest BCUT2D eigenvalue weighted by atomic mass is 19.1. The molecule has 6 heteroatoms. The first kappa shape index (κ1) is 15.0. The van der Waals surface area contributed by atoms with Crippen molar-refractivity contribution in [2.45, 2.75) is 13.5 Å². The van der Waals surface area contributed by atoms with Gasteiger partial charge in [0.05, 0.1) is 13.7 Å². The number of fused-ring (bicyclic) bond motifs is 1. The Kier molecular flexibility index (Phi) is 3.97. The van der Waals surface area contributed by atoms with Gasteiger partial charge in [-0.3, -0.25) is 4.79 Å². The SMILES string of the molecule is COc1ccc(-c2cc3[nH]c(CNC(C)=O)cc3cc2F)cn1. The zero-order valence-electron chi connectivity index (χ0n) is 12.8. The third-order valence-corrected chi connectivity index (χ3v) is 3.55.